The van der Waals surface area contributed by atoms with Gasteiger partial charge in [-0.05, 0) is 55.5 Å². The maximum atomic E-state index is 13.2. The van der Waals surface area contributed by atoms with E-state index in [1.807, 2.05) is 13.8 Å². The molecule has 0 spiro atoms. The molecule has 1 aliphatic heterocycles. The van der Waals surface area contributed by atoms with Crippen molar-refractivity contribution in [3.63, 3.8) is 0 Å². The Kier molecular flexibility index (Phi) is 6.81. The van der Waals surface area contributed by atoms with Crippen molar-refractivity contribution in [1.82, 2.24) is 4.31 Å². The van der Waals surface area contributed by atoms with Crippen LogP contribution in [-0.2, 0) is 10.0 Å². The van der Waals surface area contributed by atoms with Crippen LogP contribution in [0, 0.1) is 11.8 Å². The Morgan fingerprint density at radius 1 is 1.03 bits per heavy atom. The van der Waals surface area contributed by atoms with Crippen LogP contribution in [0.3, 0.4) is 0 Å². The maximum absolute atomic E-state index is 13.2. The van der Waals surface area contributed by atoms with Gasteiger partial charge in [-0.1, -0.05) is 19.9 Å². The molecule has 1 heterocycles. The molecule has 0 unspecified atom stereocenters. The molecule has 7 nitrogen and oxygen atoms in total. The van der Waals surface area contributed by atoms with Gasteiger partial charge in [-0.2, -0.15) is 4.31 Å². The van der Waals surface area contributed by atoms with Crippen LogP contribution in [0.25, 0.3) is 0 Å². The van der Waals surface area contributed by atoms with E-state index in [2.05, 4.69) is 0 Å². The molecule has 1 saturated heterocycles. The van der Waals surface area contributed by atoms with E-state index >= 15 is 0 Å². The summed E-state index contributed by atoms with van der Waals surface area (Å²) in [6, 6.07) is 10.4. The number of carbonyl (C=O) groups is 2. The van der Waals surface area contributed by atoms with Crippen molar-refractivity contribution < 1.29 is 27.5 Å². The number of Topliss-reactive ketones (excluding diaryl/α,β-unsaturated/α-hetero) is 1. The topological polar surface area (TPSA) is 90.0 Å². The third-order valence-corrected chi connectivity index (χ3v) is 7.14. The van der Waals surface area contributed by atoms with E-state index in [4.69, 9.17) is 9.47 Å². The maximum Gasteiger partial charge on any atom is 0.343 e. The first-order valence-electron chi connectivity index (χ1n) is 10.1. The van der Waals surface area contributed by atoms with Crippen molar-refractivity contribution >= 4 is 21.8 Å². The lowest BCUT2D eigenvalue weighted by Crippen LogP contribution is -2.42. The van der Waals surface area contributed by atoms with Crippen LogP contribution in [0.15, 0.2) is 47.4 Å². The Hall–Kier alpha value is -2.71. The number of hydrogen-bond donors (Lipinski definition) is 0. The minimum absolute atomic E-state index is 0.0423. The fourth-order valence-electron chi connectivity index (χ4n) is 3.90. The van der Waals surface area contributed by atoms with Crippen molar-refractivity contribution in [3.8, 4) is 11.5 Å². The summed E-state index contributed by atoms with van der Waals surface area (Å²) in [7, 11) is -2.27. The molecule has 2 aromatic carbocycles. The van der Waals surface area contributed by atoms with Gasteiger partial charge in [-0.15, -0.1) is 0 Å². The zero-order chi connectivity index (χ0) is 22.8. The molecule has 0 amide bonds. The predicted molar refractivity (Wildman–Crippen MR) is 116 cm³/mol. The van der Waals surface area contributed by atoms with Crippen molar-refractivity contribution in [2.24, 2.45) is 11.8 Å². The van der Waals surface area contributed by atoms with E-state index in [0.29, 0.717) is 18.8 Å². The molecule has 0 aliphatic carbocycles. The van der Waals surface area contributed by atoms with E-state index in [0.717, 1.165) is 6.42 Å². The molecule has 2 atom stereocenters. The number of rotatable bonds is 6. The van der Waals surface area contributed by atoms with Gasteiger partial charge in [0, 0.05) is 19.2 Å². The number of nitrogens with zero attached hydrogens (tertiary/aromatic N) is 1. The normalized spacial score (nSPS) is 19.6. The van der Waals surface area contributed by atoms with Crippen LogP contribution in [-0.4, -0.2) is 44.7 Å². The highest BCUT2D eigenvalue weighted by molar-refractivity contribution is 7.89. The zero-order valence-electron chi connectivity index (χ0n) is 18.1. The number of esters is 1. The lowest BCUT2D eigenvalue weighted by Gasteiger charge is -2.34. The fourth-order valence-corrected chi connectivity index (χ4v) is 5.62. The fraction of sp³-hybridized carbons (Fsp3) is 0.391. The van der Waals surface area contributed by atoms with Gasteiger partial charge in [0.05, 0.1) is 23.1 Å². The zero-order valence-corrected chi connectivity index (χ0v) is 18.9. The summed E-state index contributed by atoms with van der Waals surface area (Å²) in [5, 5.41) is 0. The first kappa shape index (κ1) is 23.0. The Labute approximate surface area is 183 Å². The lowest BCUT2D eigenvalue weighted by molar-refractivity contribution is 0.0732. The van der Waals surface area contributed by atoms with Crippen LogP contribution >= 0.6 is 0 Å². The number of benzene rings is 2. The summed E-state index contributed by atoms with van der Waals surface area (Å²) < 4.78 is 38.4. The number of methoxy groups -OCH3 is 1. The molecule has 1 fully saturated rings. The number of ether oxygens (including phenoxy) is 2. The largest absolute Gasteiger partial charge is 0.497 e. The van der Waals surface area contributed by atoms with Crippen molar-refractivity contribution in [3.05, 3.63) is 53.6 Å². The SMILES string of the molecule is COc1ccc(C(C)=O)c(OC(=O)c2cccc(S(=O)(=O)N3C[C@H](C)C[C@H](C)C3)c2)c1. The van der Waals surface area contributed by atoms with Crippen LogP contribution in [0.4, 0.5) is 0 Å². The molecule has 0 aromatic heterocycles. The number of hydrogen-bond acceptors (Lipinski definition) is 6. The summed E-state index contributed by atoms with van der Waals surface area (Å²) in [5.74, 6) is -0.000897. The van der Waals surface area contributed by atoms with Crippen LogP contribution < -0.4 is 9.47 Å². The minimum atomic E-state index is -3.74. The van der Waals surface area contributed by atoms with E-state index < -0.39 is 16.0 Å². The van der Waals surface area contributed by atoms with E-state index in [1.54, 1.807) is 6.07 Å². The third-order valence-electron chi connectivity index (χ3n) is 5.31. The highest BCUT2D eigenvalue weighted by Gasteiger charge is 2.32. The number of carbonyl (C=O) groups excluding carboxylic acids is 2. The standard InChI is InChI=1S/C23H27NO6S/c1-15-10-16(2)14-24(13-15)31(27,28)20-7-5-6-18(11-20)23(26)30-22-12-19(29-4)8-9-21(22)17(3)25/h5-9,11-12,15-16H,10,13-14H2,1-4H3/t15-,16+. The smallest absolute Gasteiger partial charge is 0.343 e. The number of piperidine rings is 1. The summed E-state index contributed by atoms with van der Waals surface area (Å²) in [6.07, 6.45) is 0.984. The summed E-state index contributed by atoms with van der Waals surface area (Å²) >= 11 is 0. The second-order valence-electron chi connectivity index (χ2n) is 8.10. The minimum Gasteiger partial charge on any atom is -0.497 e. The number of sulfonamides is 1. The van der Waals surface area contributed by atoms with E-state index in [-0.39, 0.29) is 39.4 Å². The highest BCUT2D eigenvalue weighted by atomic mass is 32.2. The van der Waals surface area contributed by atoms with Gasteiger partial charge in [0.1, 0.15) is 11.5 Å². The van der Waals surface area contributed by atoms with Gasteiger partial charge >= 0.3 is 5.97 Å². The molecule has 0 saturated carbocycles. The first-order chi connectivity index (χ1) is 14.6. The van der Waals surface area contributed by atoms with Gasteiger partial charge in [0.2, 0.25) is 10.0 Å². The molecule has 0 bridgehead atoms. The average molecular weight is 446 g/mol. The van der Waals surface area contributed by atoms with Crippen molar-refractivity contribution in [2.75, 3.05) is 20.2 Å². The summed E-state index contributed by atoms with van der Waals surface area (Å²) in [6.45, 7) is 6.34. The molecule has 166 valence electrons. The average Bonchev–Trinajstić information content (AvgIpc) is 2.72. The lowest BCUT2D eigenvalue weighted by atomic mass is 9.94. The van der Waals surface area contributed by atoms with Gasteiger partial charge in [-0.25, -0.2) is 13.2 Å². The second kappa shape index (κ2) is 9.20. The monoisotopic (exact) mass is 445 g/mol. The molecular weight excluding hydrogens is 418 g/mol. The van der Waals surface area contributed by atoms with Gasteiger partial charge in [0.25, 0.3) is 0 Å². The molecule has 3 rings (SSSR count). The Bertz CT molecular complexity index is 1080. The molecule has 0 radical (unpaired) electrons. The molecule has 1 aliphatic rings. The highest BCUT2D eigenvalue weighted by Crippen LogP contribution is 2.28. The van der Waals surface area contributed by atoms with Crippen LogP contribution in [0.2, 0.25) is 0 Å². The van der Waals surface area contributed by atoms with Gasteiger partial charge < -0.3 is 9.47 Å². The summed E-state index contributed by atoms with van der Waals surface area (Å²) in [4.78, 5) is 24.7. The Morgan fingerprint density at radius 2 is 1.71 bits per heavy atom. The second-order valence-corrected chi connectivity index (χ2v) is 10.0. The first-order valence-corrected chi connectivity index (χ1v) is 11.6. The predicted octanol–water partition coefficient (Wildman–Crippen LogP) is 3.78. The van der Waals surface area contributed by atoms with Crippen molar-refractivity contribution in [2.45, 2.75) is 32.1 Å². The molecule has 8 heteroatoms. The third kappa shape index (κ3) is 5.14. The Morgan fingerprint density at radius 3 is 2.32 bits per heavy atom. The molecular formula is C23H27NO6S. The number of ketones is 1. The van der Waals surface area contributed by atoms with Crippen LogP contribution in [0.5, 0.6) is 11.5 Å². The molecule has 2 aromatic rings. The van der Waals surface area contributed by atoms with Gasteiger partial charge in [0.15, 0.2) is 5.78 Å². The van der Waals surface area contributed by atoms with E-state index in [1.165, 1.54) is 54.7 Å². The summed E-state index contributed by atoms with van der Waals surface area (Å²) in [5.41, 5.74) is 0.311. The van der Waals surface area contributed by atoms with Crippen molar-refractivity contribution in [1.29, 1.82) is 0 Å². The molecule has 0 N–H and O–H groups in total. The molecule has 31 heavy (non-hydrogen) atoms. The quantitative estimate of drug-likeness (QED) is 0.382. The van der Waals surface area contributed by atoms with E-state index in [9.17, 15) is 18.0 Å². The van der Waals surface area contributed by atoms with Gasteiger partial charge in [-0.3, -0.25) is 4.79 Å². The van der Waals surface area contributed by atoms with Crippen LogP contribution in [0.1, 0.15) is 47.9 Å². The Balaban J connectivity index is 1.88.